The molecule has 4 nitrogen and oxygen atoms in total. The maximum Gasteiger partial charge on any atom is 0.158 e. The molecule has 0 heterocycles. The van der Waals surface area contributed by atoms with Gasteiger partial charge in [0.1, 0.15) is 0 Å². The third-order valence-electron chi connectivity index (χ3n) is 1.58. The summed E-state index contributed by atoms with van der Waals surface area (Å²) in [6, 6.07) is 3.39. The van der Waals surface area contributed by atoms with Crippen LogP contribution in [0.15, 0.2) is 21.8 Å². The van der Waals surface area contributed by atoms with Gasteiger partial charge in [-0.3, -0.25) is 0 Å². The molecule has 4 N–H and O–H groups in total. The molecule has 0 amide bonds. The smallest absolute Gasteiger partial charge is 0.158 e. The maximum absolute atomic E-state index is 8.34. The minimum atomic E-state index is 0.0463. The predicted octanol–water partition coefficient (Wildman–Crippen LogP) is 2.91. The highest BCUT2D eigenvalue weighted by Gasteiger charge is 2.07. The Labute approximate surface area is 105 Å². The van der Waals surface area contributed by atoms with Gasteiger partial charge in [-0.1, -0.05) is 44.3 Å². The molecule has 0 radical (unpaired) electrons. The van der Waals surface area contributed by atoms with Crippen LogP contribution in [0.5, 0.6) is 0 Å². The molecular formula is C8H8BrCl2N3O. The van der Waals surface area contributed by atoms with Gasteiger partial charge >= 0.3 is 0 Å². The summed E-state index contributed by atoms with van der Waals surface area (Å²) in [5.41, 5.74) is 5.84. The summed E-state index contributed by atoms with van der Waals surface area (Å²) < 4.78 is 0.784. The second kappa shape index (κ2) is 5.44. The van der Waals surface area contributed by atoms with Crippen molar-refractivity contribution in [1.82, 2.24) is 0 Å². The fourth-order valence-electron chi connectivity index (χ4n) is 0.925. The number of benzene rings is 1. The number of anilines is 1. The van der Waals surface area contributed by atoms with Crippen LogP contribution in [0.4, 0.5) is 5.69 Å². The number of hydrogen-bond acceptors (Lipinski definition) is 3. The van der Waals surface area contributed by atoms with Crippen molar-refractivity contribution in [2.75, 3.05) is 11.9 Å². The summed E-state index contributed by atoms with van der Waals surface area (Å²) in [6.07, 6.45) is 0. The summed E-state index contributed by atoms with van der Waals surface area (Å²) in [6.45, 7) is 0.164. The van der Waals surface area contributed by atoms with E-state index >= 15 is 0 Å². The van der Waals surface area contributed by atoms with Crippen molar-refractivity contribution in [1.29, 1.82) is 0 Å². The van der Waals surface area contributed by atoms with Gasteiger partial charge < -0.3 is 16.3 Å². The van der Waals surface area contributed by atoms with Crippen LogP contribution in [0.1, 0.15) is 0 Å². The Balaban J connectivity index is 2.86. The van der Waals surface area contributed by atoms with Crippen molar-refractivity contribution in [3.8, 4) is 0 Å². The van der Waals surface area contributed by atoms with E-state index in [1.807, 2.05) is 0 Å². The lowest BCUT2D eigenvalue weighted by molar-refractivity contribution is 0.317. The Morgan fingerprint density at radius 1 is 1.47 bits per heavy atom. The minimum absolute atomic E-state index is 0.0463. The molecule has 0 aliphatic heterocycles. The van der Waals surface area contributed by atoms with E-state index in [4.69, 9.17) is 34.1 Å². The van der Waals surface area contributed by atoms with E-state index < -0.39 is 0 Å². The fraction of sp³-hybridized carbons (Fsp3) is 0.125. The zero-order chi connectivity index (χ0) is 11.4. The van der Waals surface area contributed by atoms with Crippen molar-refractivity contribution in [2.24, 2.45) is 10.9 Å². The molecule has 1 rings (SSSR count). The van der Waals surface area contributed by atoms with Crippen LogP contribution in [0.25, 0.3) is 0 Å². The number of halogens is 3. The zero-order valence-corrected chi connectivity index (χ0v) is 10.6. The van der Waals surface area contributed by atoms with Crippen molar-refractivity contribution >= 4 is 50.7 Å². The van der Waals surface area contributed by atoms with Gasteiger partial charge in [-0.2, -0.15) is 0 Å². The number of hydrogen-bond donors (Lipinski definition) is 3. The van der Waals surface area contributed by atoms with E-state index in [-0.39, 0.29) is 12.4 Å². The molecule has 0 unspecified atom stereocenters. The van der Waals surface area contributed by atoms with Gasteiger partial charge in [0.05, 0.1) is 22.3 Å². The Kier molecular flexibility index (Phi) is 4.50. The Morgan fingerprint density at radius 3 is 2.47 bits per heavy atom. The van der Waals surface area contributed by atoms with Gasteiger partial charge in [0.2, 0.25) is 0 Å². The first-order valence-electron chi connectivity index (χ1n) is 3.89. The number of nitrogens with one attached hydrogen (secondary N) is 1. The molecule has 0 fully saturated rings. The summed E-state index contributed by atoms with van der Waals surface area (Å²) >= 11 is 15.1. The van der Waals surface area contributed by atoms with Gasteiger partial charge in [-0.15, -0.1) is 0 Å². The van der Waals surface area contributed by atoms with E-state index in [2.05, 4.69) is 26.4 Å². The van der Waals surface area contributed by atoms with E-state index in [1.54, 1.807) is 12.1 Å². The van der Waals surface area contributed by atoms with E-state index in [0.717, 1.165) is 4.47 Å². The van der Waals surface area contributed by atoms with E-state index in [0.29, 0.717) is 15.7 Å². The predicted molar refractivity (Wildman–Crippen MR) is 66.1 cm³/mol. The van der Waals surface area contributed by atoms with Crippen LogP contribution in [-0.4, -0.2) is 17.6 Å². The average molecular weight is 313 g/mol. The maximum atomic E-state index is 8.34. The summed E-state index contributed by atoms with van der Waals surface area (Å²) in [4.78, 5) is 0. The fourth-order valence-corrected chi connectivity index (χ4v) is 2.27. The normalized spacial score (nSPS) is 11.5. The molecule has 0 aliphatic rings. The lowest BCUT2D eigenvalue weighted by atomic mass is 10.3. The minimum Gasteiger partial charge on any atom is -0.409 e. The summed E-state index contributed by atoms with van der Waals surface area (Å²) in [5.74, 6) is 0.0463. The zero-order valence-electron chi connectivity index (χ0n) is 7.47. The van der Waals surface area contributed by atoms with Gasteiger partial charge in [-0.05, 0) is 12.1 Å². The number of oxime groups is 1. The number of amidine groups is 1. The highest BCUT2D eigenvalue weighted by Crippen LogP contribution is 2.33. The summed E-state index contributed by atoms with van der Waals surface area (Å²) in [5, 5.41) is 14.9. The Morgan fingerprint density at radius 2 is 2.00 bits per heavy atom. The monoisotopic (exact) mass is 311 g/mol. The third kappa shape index (κ3) is 3.44. The van der Waals surface area contributed by atoms with E-state index in [9.17, 15) is 0 Å². The van der Waals surface area contributed by atoms with E-state index in [1.165, 1.54) is 0 Å². The SMILES string of the molecule is NC(CNc1c(Cl)cc(Br)cc1Cl)=NO. The topological polar surface area (TPSA) is 70.6 Å². The first kappa shape index (κ1) is 12.4. The first-order chi connectivity index (χ1) is 7.04. The average Bonchev–Trinajstić information content (AvgIpc) is 2.15. The Bertz CT molecular complexity index is 374. The molecule has 0 aromatic heterocycles. The third-order valence-corrected chi connectivity index (χ3v) is 2.64. The lowest BCUT2D eigenvalue weighted by Gasteiger charge is -2.09. The summed E-state index contributed by atoms with van der Waals surface area (Å²) in [7, 11) is 0. The molecule has 15 heavy (non-hydrogen) atoms. The molecule has 0 atom stereocenters. The van der Waals surface area contributed by atoms with Crippen LogP contribution in [-0.2, 0) is 0 Å². The lowest BCUT2D eigenvalue weighted by Crippen LogP contribution is -2.22. The molecule has 1 aromatic carbocycles. The molecular weight excluding hydrogens is 305 g/mol. The Hall–Kier alpha value is -0.650. The second-order valence-corrected chi connectivity index (χ2v) is 4.42. The van der Waals surface area contributed by atoms with Gasteiger partial charge in [-0.25, -0.2) is 0 Å². The second-order valence-electron chi connectivity index (χ2n) is 2.69. The highest BCUT2D eigenvalue weighted by atomic mass is 79.9. The molecule has 0 saturated carbocycles. The van der Waals surface area contributed by atoms with Crippen molar-refractivity contribution in [2.45, 2.75) is 0 Å². The first-order valence-corrected chi connectivity index (χ1v) is 5.44. The molecule has 82 valence electrons. The van der Waals surface area contributed by atoms with Crippen LogP contribution in [0.2, 0.25) is 10.0 Å². The van der Waals surface area contributed by atoms with Gasteiger partial charge in [0.25, 0.3) is 0 Å². The molecule has 7 heteroatoms. The van der Waals surface area contributed by atoms with Crippen LogP contribution in [0, 0.1) is 0 Å². The van der Waals surface area contributed by atoms with Crippen molar-refractivity contribution in [3.05, 3.63) is 26.7 Å². The molecule has 0 saturated heterocycles. The highest BCUT2D eigenvalue weighted by molar-refractivity contribution is 9.10. The van der Waals surface area contributed by atoms with Crippen molar-refractivity contribution < 1.29 is 5.21 Å². The number of nitrogens with two attached hydrogens (primary N) is 1. The van der Waals surface area contributed by atoms with Gasteiger partial charge in [0.15, 0.2) is 5.84 Å². The van der Waals surface area contributed by atoms with Crippen LogP contribution in [0.3, 0.4) is 0 Å². The quantitative estimate of drug-likeness (QED) is 0.348. The van der Waals surface area contributed by atoms with Crippen LogP contribution >= 0.6 is 39.1 Å². The molecule has 0 bridgehead atoms. The largest absolute Gasteiger partial charge is 0.409 e. The standard InChI is InChI=1S/C8H8BrCl2N3O/c9-4-1-5(10)8(6(11)2-4)13-3-7(12)14-15/h1-2,13,15H,3H2,(H2,12,14). The molecule has 0 aliphatic carbocycles. The number of rotatable bonds is 3. The molecule has 0 spiro atoms. The van der Waals surface area contributed by atoms with Gasteiger partial charge in [0, 0.05) is 4.47 Å². The number of nitrogens with zero attached hydrogens (tertiary/aromatic N) is 1. The molecule has 1 aromatic rings. The van der Waals surface area contributed by atoms with Crippen molar-refractivity contribution in [3.63, 3.8) is 0 Å². The van der Waals surface area contributed by atoms with Crippen LogP contribution < -0.4 is 11.1 Å².